The lowest BCUT2D eigenvalue weighted by molar-refractivity contribution is -0.117. The largest absolute Gasteiger partial charge is 0.492 e. The molecule has 0 spiro atoms. The highest BCUT2D eigenvalue weighted by atomic mass is 16.5. The van der Waals surface area contributed by atoms with Crippen LogP contribution >= 0.6 is 0 Å². The molecule has 1 N–H and O–H groups in total. The Morgan fingerprint density at radius 3 is 2.50 bits per heavy atom. The van der Waals surface area contributed by atoms with Crippen molar-refractivity contribution in [3.05, 3.63) is 59.7 Å². The number of hydrogen-bond acceptors (Lipinski definition) is 4. The van der Waals surface area contributed by atoms with Crippen LogP contribution < -0.4 is 10.1 Å². The van der Waals surface area contributed by atoms with Gasteiger partial charge in [-0.3, -0.25) is 14.6 Å². The zero-order chi connectivity index (χ0) is 19.2. The first-order valence-corrected chi connectivity index (χ1v) is 10.3. The van der Waals surface area contributed by atoms with E-state index in [9.17, 15) is 4.79 Å². The highest BCUT2D eigenvalue weighted by Gasteiger charge is 2.19. The summed E-state index contributed by atoms with van der Waals surface area (Å²) in [5.41, 5.74) is 3.76. The van der Waals surface area contributed by atoms with Gasteiger partial charge >= 0.3 is 0 Å². The first-order valence-electron chi connectivity index (χ1n) is 10.3. The maximum Gasteiger partial charge on any atom is 0.238 e. The molecular weight excluding hydrogens is 350 g/mol. The number of hydrogen-bond donors (Lipinski definition) is 1. The van der Waals surface area contributed by atoms with Crippen molar-refractivity contribution >= 4 is 11.6 Å². The fourth-order valence-corrected chi connectivity index (χ4v) is 4.03. The Kier molecular flexibility index (Phi) is 6.24. The second kappa shape index (κ2) is 9.22. The van der Waals surface area contributed by atoms with Crippen molar-refractivity contribution in [1.29, 1.82) is 0 Å². The molecule has 4 rings (SSSR count). The van der Waals surface area contributed by atoms with Crippen LogP contribution in [0.4, 0.5) is 5.69 Å². The molecule has 28 heavy (non-hydrogen) atoms. The number of carbonyl (C=O) groups is 1. The van der Waals surface area contributed by atoms with Gasteiger partial charge in [-0.2, -0.15) is 0 Å². The average molecular weight is 380 g/mol. The molecule has 0 atom stereocenters. The van der Waals surface area contributed by atoms with Crippen molar-refractivity contribution in [2.75, 3.05) is 51.2 Å². The molecule has 1 aliphatic carbocycles. The Hall–Kier alpha value is -2.37. The first-order chi connectivity index (χ1) is 13.8. The monoisotopic (exact) mass is 379 g/mol. The van der Waals surface area contributed by atoms with Gasteiger partial charge in [0.25, 0.3) is 0 Å². The van der Waals surface area contributed by atoms with Crippen LogP contribution in [-0.4, -0.2) is 61.6 Å². The minimum atomic E-state index is 0.0822. The summed E-state index contributed by atoms with van der Waals surface area (Å²) in [6, 6.07) is 16.3. The quantitative estimate of drug-likeness (QED) is 0.804. The van der Waals surface area contributed by atoms with Gasteiger partial charge in [0.2, 0.25) is 5.91 Å². The Morgan fingerprint density at radius 2 is 1.68 bits per heavy atom. The molecule has 5 nitrogen and oxygen atoms in total. The maximum atomic E-state index is 12.4. The number of anilines is 1. The number of amides is 1. The molecule has 1 heterocycles. The van der Waals surface area contributed by atoms with Gasteiger partial charge in [0.05, 0.1) is 6.54 Å². The van der Waals surface area contributed by atoms with E-state index in [1.807, 2.05) is 36.4 Å². The summed E-state index contributed by atoms with van der Waals surface area (Å²) in [7, 11) is 0. The van der Waals surface area contributed by atoms with Crippen LogP contribution in [0, 0.1) is 0 Å². The van der Waals surface area contributed by atoms with Crippen LogP contribution in [-0.2, 0) is 17.6 Å². The van der Waals surface area contributed by atoms with Gasteiger partial charge < -0.3 is 10.1 Å². The van der Waals surface area contributed by atoms with E-state index in [0.29, 0.717) is 13.2 Å². The van der Waals surface area contributed by atoms with Gasteiger partial charge in [-0.1, -0.05) is 24.3 Å². The summed E-state index contributed by atoms with van der Waals surface area (Å²) >= 11 is 0. The fourth-order valence-electron chi connectivity index (χ4n) is 4.03. The van der Waals surface area contributed by atoms with Gasteiger partial charge in [0.1, 0.15) is 12.4 Å². The standard InChI is InChI=1S/C23H29N3O2/c27-23(24-21-10-9-19-5-4-6-20(19)17-21)18-26-13-11-25(12-14-26)15-16-28-22-7-2-1-3-8-22/h1-3,7-10,17H,4-6,11-16,18H2,(H,24,27). The smallest absolute Gasteiger partial charge is 0.238 e. The normalized spacial score (nSPS) is 17.3. The van der Waals surface area contributed by atoms with E-state index in [1.54, 1.807) is 0 Å². The van der Waals surface area contributed by atoms with Crippen LogP contribution in [0.25, 0.3) is 0 Å². The SMILES string of the molecule is O=C(CN1CCN(CCOc2ccccc2)CC1)Nc1ccc2c(c1)CCC2. The summed E-state index contributed by atoms with van der Waals surface area (Å²) in [4.78, 5) is 17.0. The van der Waals surface area contributed by atoms with Crippen LogP contribution in [0.2, 0.25) is 0 Å². The Morgan fingerprint density at radius 1 is 0.929 bits per heavy atom. The topological polar surface area (TPSA) is 44.8 Å². The van der Waals surface area contributed by atoms with E-state index in [0.717, 1.165) is 50.6 Å². The van der Waals surface area contributed by atoms with E-state index in [2.05, 4.69) is 27.2 Å². The van der Waals surface area contributed by atoms with Crippen LogP contribution in [0.1, 0.15) is 17.5 Å². The highest BCUT2D eigenvalue weighted by molar-refractivity contribution is 5.92. The average Bonchev–Trinajstić information content (AvgIpc) is 3.18. The molecule has 0 radical (unpaired) electrons. The van der Waals surface area contributed by atoms with Gasteiger partial charge in [-0.25, -0.2) is 0 Å². The third-order valence-corrected chi connectivity index (χ3v) is 5.63. The Bertz CT molecular complexity index is 786. The molecule has 2 aliphatic rings. The number of ether oxygens (including phenoxy) is 1. The highest BCUT2D eigenvalue weighted by Crippen LogP contribution is 2.24. The number of para-hydroxylation sites is 1. The van der Waals surface area contributed by atoms with Crippen molar-refractivity contribution < 1.29 is 9.53 Å². The summed E-state index contributed by atoms with van der Waals surface area (Å²) in [6.07, 6.45) is 3.53. The number of rotatable bonds is 7. The lowest BCUT2D eigenvalue weighted by atomic mass is 10.1. The molecule has 148 valence electrons. The number of piperazine rings is 1. The Labute approximate surface area is 167 Å². The minimum Gasteiger partial charge on any atom is -0.492 e. The van der Waals surface area contributed by atoms with Crippen molar-refractivity contribution in [1.82, 2.24) is 9.80 Å². The summed E-state index contributed by atoms with van der Waals surface area (Å²) in [5.74, 6) is 1.00. The number of nitrogens with zero attached hydrogens (tertiary/aromatic N) is 2. The molecule has 2 aromatic carbocycles. The van der Waals surface area contributed by atoms with Gasteiger partial charge in [0, 0.05) is 38.4 Å². The molecule has 1 fully saturated rings. The van der Waals surface area contributed by atoms with Crippen LogP contribution in [0.15, 0.2) is 48.5 Å². The first kappa shape index (κ1) is 19.0. The maximum absolute atomic E-state index is 12.4. The summed E-state index contributed by atoms with van der Waals surface area (Å²) < 4.78 is 5.78. The van der Waals surface area contributed by atoms with Crippen LogP contribution in [0.5, 0.6) is 5.75 Å². The van der Waals surface area contributed by atoms with Crippen molar-refractivity contribution in [2.24, 2.45) is 0 Å². The molecule has 1 aliphatic heterocycles. The predicted molar refractivity (Wildman–Crippen MR) is 112 cm³/mol. The lowest BCUT2D eigenvalue weighted by Gasteiger charge is -2.34. The van der Waals surface area contributed by atoms with Crippen molar-refractivity contribution in [3.8, 4) is 5.75 Å². The van der Waals surface area contributed by atoms with E-state index in [1.165, 1.54) is 24.0 Å². The third kappa shape index (κ3) is 5.12. The molecule has 1 amide bonds. The molecule has 0 saturated carbocycles. The Balaban J connectivity index is 1.15. The van der Waals surface area contributed by atoms with E-state index in [4.69, 9.17) is 4.74 Å². The fraction of sp³-hybridized carbons (Fsp3) is 0.435. The molecule has 1 saturated heterocycles. The van der Waals surface area contributed by atoms with E-state index < -0.39 is 0 Å². The van der Waals surface area contributed by atoms with Gasteiger partial charge in [0.15, 0.2) is 0 Å². The van der Waals surface area contributed by atoms with Gasteiger partial charge in [-0.15, -0.1) is 0 Å². The number of benzene rings is 2. The minimum absolute atomic E-state index is 0.0822. The predicted octanol–water partition coefficient (Wildman–Crippen LogP) is 2.81. The number of aryl methyl sites for hydroxylation is 2. The molecule has 0 bridgehead atoms. The lowest BCUT2D eigenvalue weighted by Crippen LogP contribution is -2.49. The second-order valence-electron chi connectivity index (χ2n) is 7.66. The number of nitrogens with one attached hydrogen (secondary N) is 1. The van der Waals surface area contributed by atoms with Crippen molar-refractivity contribution in [2.45, 2.75) is 19.3 Å². The van der Waals surface area contributed by atoms with E-state index in [-0.39, 0.29) is 5.91 Å². The van der Waals surface area contributed by atoms with Crippen LogP contribution in [0.3, 0.4) is 0 Å². The van der Waals surface area contributed by atoms with Gasteiger partial charge in [-0.05, 0) is 54.7 Å². The number of carbonyl (C=O) groups excluding carboxylic acids is 1. The zero-order valence-electron chi connectivity index (χ0n) is 16.4. The summed E-state index contributed by atoms with van der Waals surface area (Å²) in [5, 5.41) is 3.07. The molecule has 0 unspecified atom stereocenters. The zero-order valence-corrected chi connectivity index (χ0v) is 16.4. The van der Waals surface area contributed by atoms with Crippen molar-refractivity contribution in [3.63, 3.8) is 0 Å². The summed E-state index contributed by atoms with van der Waals surface area (Å²) in [6.45, 7) is 5.87. The number of fused-ring (bicyclic) bond motifs is 1. The van der Waals surface area contributed by atoms with E-state index >= 15 is 0 Å². The second-order valence-corrected chi connectivity index (χ2v) is 7.66. The molecule has 2 aromatic rings. The molecular formula is C23H29N3O2. The third-order valence-electron chi connectivity index (χ3n) is 5.63. The molecule has 0 aromatic heterocycles. The molecule has 5 heteroatoms.